The quantitative estimate of drug-likeness (QED) is 0.410. The molecule has 0 bridgehead atoms. The summed E-state index contributed by atoms with van der Waals surface area (Å²) in [6, 6.07) is 0.844. The minimum absolute atomic E-state index is 0.199. The number of rotatable bonds is 5. The molecule has 0 aliphatic carbocycles. The average Bonchev–Trinajstić information content (AvgIpc) is 2.25. The van der Waals surface area contributed by atoms with E-state index in [2.05, 4.69) is 15.6 Å². The monoisotopic (exact) mass is 238 g/mol. The highest BCUT2D eigenvalue weighted by Crippen LogP contribution is 2.13. The van der Waals surface area contributed by atoms with Crippen LogP contribution >= 0.6 is 0 Å². The van der Waals surface area contributed by atoms with Gasteiger partial charge >= 0.3 is 6.03 Å². The number of hydrogen-bond acceptors (Lipinski definition) is 5. The van der Waals surface area contributed by atoms with Crippen molar-refractivity contribution < 1.29 is 9.59 Å². The molecule has 17 heavy (non-hydrogen) atoms. The highest BCUT2D eigenvalue weighted by atomic mass is 16.2. The summed E-state index contributed by atoms with van der Waals surface area (Å²) in [5, 5.41) is 5.27. The van der Waals surface area contributed by atoms with E-state index in [1.807, 2.05) is 0 Å². The van der Waals surface area contributed by atoms with Crippen molar-refractivity contribution in [2.75, 3.05) is 24.1 Å². The van der Waals surface area contributed by atoms with Gasteiger partial charge in [-0.2, -0.15) is 0 Å². The highest BCUT2D eigenvalue weighted by Gasteiger charge is 2.07. The van der Waals surface area contributed by atoms with Crippen LogP contribution in [0.5, 0.6) is 0 Å². The minimum atomic E-state index is -0.622. The van der Waals surface area contributed by atoms with Gasteiger partial charge in [-0.25, -0.2) is 9.78 Å². The van der Waals surface area contributed by atoms with Gasteiger partial charge in [-0.3, -0.25) is 4.79 Å². The van der Waals surface area contributed by atoms with Crippen molar-refractivity contribution in [1.82, 2.24) is 10.3 Å². The smallest absolute Gasteiger partial charge is 0.312 e. The van der Waals surface area contributed by atoms with Crippen molar-refractivity contribution >= 4 is 23.4 Å². The van der Waals surface area contributed by atoms with Crippen LogP contribution in [-0.4, -0.2) is 30.0 Å². The molecule has 0 spiro atoms. The summed E-state index contributed by atoms with van der Waals surface area (Å²) in [5.41, 5.74) is 16.0. The number of carbonyl (C=O) groups excluding carboxylic acids is 2. The fourth-order valence-corrected chi connectivity index (χ4v) is 1.15. The summed E-state index contributed by atoms with van der Waals surface area (Å²) in [6.07, 6.45) is 1.34. The van der Waals surface area contributed by atoms with Gasteiger partial charge < -0.3 is 27.8 Å². The molecule has 3 amide bonds. The Bertz CT molecular complexity index is 433. The number of amides is 3. The number of aromatic nitrogens is 1. The van der Waals surface area contributed by atoms with Gasteiger partial charge in [0.05, 0.1) is 17.4 Å². The van der Waals surface area contributed by atoms with Crippen LogP contribution in [0.1, 0.15) is 10.4 Å². The predicted octanol–water partition coefficient (Wildman–Crippen LogP) is -1.16. The summed E-state index contributed by atoms with van der Waals surface area (Å²) in [4.78, 5) is 25.3. The maximum absolute atomic E-state index is 11.0. The van der Waals surface area contributed by atoms with Crippen molar-refractivity contribution in [3.05, 3.63) is 17.8 Å². The maximum atomic E-state index is 11.0. The molecule has 92 valence electrons. The Kier molecular flexibility index (Phi) is 4.09. The van der Waals surface area contributed by atoms with E-state index >= 15 is 0 Å². The van der Waals surface area contributed by atoms with Crippen molar-refractivity contribution in [1.29, 1.82) is 0 Å². The second-order valence-electron chi connectivity index (χ2n) is 3.24. The van der Waals surface area contributed by atoms with Gasteiger partial charge in [0, 0.05) is 13.1 Å². The van der Waals surface area contributed by atoms with E-state index in [0.717, 1.165) is 0 Å². The van der Waals surface area contributed by atoms with Crippen molar-refractivity contribution in [2.24, 2.45) is 11.5 Å². The van der Waals surface area contributed by atoms with E-state index in [1.54, 1.807) is 0 Å². The molecule has 8 nitrogen and oxygen atoms in total. The standard InChI is InChI=1S/C9H14N6O2/c10-6-4-15-7(3-5(6)8(11)16)13-1-2-14-9(12)17/h3-4H,1-2,10H2,(H2,11,16)(H,13,15)(H3,12,14,17). The van der Waals surface area contributed by atoms with Crippen LogP contribution in [0.2, 0.25) is 0 Å². The molecular formula is C9H14N6O2. The number of pyridine rings is 1. The summed E-state index contributed by atoms with van der Waals surface area (Å²) < 4.78 is 0. The number of hydrogen-bond donors (Lipinski definition) is 5. The third-order valence-corrected chi connectivity index (χ3v) is 1.93. The van der Waals surface area contributed by atoms with Crippen molar-refractivity contribution in [3.8, 4) is 0 Å². The van der Waals surface area contributed by atoms with Crippen molar-refractivity contribution in [2.45, 2.75) is 0 Å². The van der Waals surface area contributed by atoms with Crippen LogP contribution in [0.25, 0.3) is 0 Å². The van der Waals surface area contributed by atoms with E-state index < -0.39 is 11.9 Å². The fourth-order valence-electron chi connectivity index (χ4n) is 1.15. The molecule has 0 saturated carbocycles. The average molecular weight is 238 g/mol. The zero-order chi connectivity index (χ0) is 12.8. The molecule has 0 fully saturated rings. The molecule has 8 N–H and O–H groups in total. The zero-order valence-corrected chi connectivity index (χ0v) is 9.06. The molecule has 1 rings (SSSR count). The van der Waals surface area contributed by atoms with Crippen LogP contribution in [0.15, 0.2) is 12.3 Å². The Labute approximate surface area is 97.6 Å². The van der Waals surface area contributed by atoms with Crippen LogP contribution in [-0.2, 0) is 0 Å². The van der Waals surface area contributed by atoms with Crippen LogP contribution in [0.4, 0.5) is 16.3 Å². The number of anilines is 2. The van der Waals surface area contributed by atoms with E-state index in [9.17, 15) is 9.59 Å². The Hall–Kier alpha value is -2.51. The Balaban J connectivity index is 2.57. The van der Waals surface area contributed by atoms with Crippen LogP contribution < -0.4 is 27.8 Å². The number of nitrogens with one attached hydrogen (secondary N) is 2. The first-order chi connectivity index (χ1) is 8.00. The third kappa shape index (κ3) is 3.86. The predicted molar refractivity (Wildman–Crippen MR) is 63.2 cm³/mol. The highest BCUT2D eigenvalue weighted by molar-refractivity contribution is 5.98. The fraction of sp³-hybridized carbons (Fsp3) is 0.222. The molecule has 0 atom stereocenters. The van der Waals surface area contributed by atoms with Gasteiger partial charge in [-0.05, 0) is 6.07 Å². The number of urea groups is 1. The molecular weight excluding hydrogens is 224 g/mol. The molecule has 0 unspecified atom stereocenters. The largest absolute Gasteiger partial charge is 0.397 e. The second-order valence-corrected chi connectivity index (χ2v) is 3.24. The number of carbonyl (C=O) groups is 2. The van der Waals surface area contributed by atoms with Gasteiger partial charge in [-0.1, -0.05) is 0 Å². The lowest BCUT2D eigenvalue weighted by atomic mass is 10.2. The molecule has 8 heteroatoms. The molecule has 0 aromatic carbocycles. The Morgan fingerprint density at radius 1 is 1.29 bits per heavy atom. The zero-order valence-electron chi connectivity index (χ0n) is 9.06. The molecule has 1 aromatic heterocycles. The molecule has 0 saturated heterocycles. The van der Waals surface area contributed by atoms with Crippen LogP contribution in [0.3, 0.4) is 0 Å². The first kappa shape index (κ1) is 12.6. The number of nitrogens with two attached hydrogens (primary N) is 3. The minimum Gasteiger partial charge on any atom is -0.397 e. The molecule has 1 heterocycles. The lowest BCUT2D eigenvalue weighted by Crippen LogP contribution is -2.33. The number of nitrogens with zero attached hydrogens (tertiary/aromatic N) is 1. The third-order valence-electron chi connectivity index (χ3n) is 1.93. The summed E-state index contributed by atoms with van der Waals surface area (Å²) in [5.74, 6) is -0.178. The van der Waals surface area contributed by atoms with E-state index in [0.29, 0.717) is 18.9 Å². The topological polar surface area (TPSA) is 149 Å². The first-order valence-corrected chi connectivity index (χ1v) is 4.83. The normalized spacial score (nSPS) is 9.65. The van der Waals surface area contributed by atoms with Crippen LogP contribution in [0, 0.1) is 0 Å². The Morgan fingerprint density at radius 3 is 2.59 bits per heavy atom. The lowest BCUT2D eigenvalue weighted by Gasteiger charge is -2.08. The van der Waals surface area contributed by atoms with E-state index in [-0.39, 0.29) is 11.3 Å². The van der Waals surface area contributed by atoms with E-state index in [4.69, 9.17) is 17.2 Å². The second kappa shape index (κ2) is 5.54. The summed E-state index contributed by atoms with van der Waals surface area (Å²) >= 11 is 0. The van der Waals surface area contributed by atoms with Gasteiger partial charge in [0.25, 0.3) is 5.91 Å². The Morgan fingerprint density at radius 2 is 2.00 bits per heavy atom. The van der Waals surface area contributed by atoms with Gasteiger partial charge in [0.2, 0.25) is 0 Å². The first-order valence-electron chi connectivity index (χ1n) is 4.83. The molecule has 0 radical (unpaired) electrons. The summed E-state index contributed by atoms with van der Waals surface area (Å²) in [6.45, 7) is 0.755. The maximum Gasteiger partial charge on any atom is 0.312 e. The van der Waals surface area contributed by atoms with Crippen molar-refractivity contribution in [3.63, 3.8) is 0 Å². The molecule has 0 aliphatic heterocycles. The number of nitrogen functional groups attached to an aromatic ring is 1. The van der Waals surface area contributed by atoms with Gasteiger partial charge in [0.15, 0.2) is 0 Å². The lowest BCUT2D eigenvalue weighted by molar-refractivity contribution is 0.100. The van der Waals surface area contributed by atoms with Gasteiger partial charge in [0.1, 0.15) is 5.82 Å². The van der Waals surface area contributed by atoms with Gasteiger partial charge in [-0.15, -0.1) is 0 Å². The molecule has 0 aliphatic rings. The number of primary amides is 2. The molecule has 1 aromatic rings. The SMILES string of the molecule is NC(=O)NCCNc1cc(C(N)=O)c(N)cn1. The van der Waals surface area contributed by atoms with E-state index in [1.165, 1.54) is 12.3 Å². The summed E-state index contributed by atoms with van der Waals surface area (Å²) in [7, 11) is 0.